The molecule has 2 aromatic rings. The van der Waals surface area contributed by atoms with E-state index in [9.17, 15) is 0 Å². The summed E-state index contributed by atoms with van der Waals surface area (Å²) in [5.74, 6) is 0.831. The van der Waals surface area contributed by atoms with Gasteiger partial charge in [0.25, 0.3) is 0 Å². The molecule has 1 unspecified atom stereocenters. The molecule has 1 aliphatic carbocycles. The highest BCUT2D eigenvalue weighted by atomic mass is 32.1. The lowest BCUT2D eigenvalue weighted by molar-refractivity contribution is 0.499. The summed E-state index contributed by atoms with van der Waals surface area (Å²) in [4.78, 5) is 8.60. The number of rotatable bonds is 4. The van der Waals surface area contributed by atoms with E-state index in [2.05, 4.69) is 45.3 Å². The number of fused-ring (bicyclic) bond motifs is 1. The Morgan fingerprint density at radius 1 is 1.52 bits per heavy atom. The van der Waals surface area contributed by atoms with E-state index in [0.29, 0.717) is 18.6 Å². The molecular weight excluding hydrogens is 308 g/mol. The van der Waals surface area contributed by atoms with Crippen LogP contribution in [0, 0.1) is 0 Å². The van der Waals surface area contributed by atoms with Crippen LogP contribution in [0.2, 0.25) is 0 Å². The molecule has 3 rings (SSSR count). The summed E-state index contributed by atoms with van der Waals surface area (Å²) in [5.41, 5.74) is 2.61. The van der Waals surface area contributed by atoms with Gasteiger partial charge in [-0.3, -0.25) is 9.67 Å². The summed E-state index contributed by atoms with van der Waals surface area (Å²) in [6, 6.07) is 0.792. The second kappa shape index (κ2) is 7.12. The fourth-order valence-corrected chi connectivity index (χ4v) is 3.34. The number of aryl methyl sites for hydroxylation is 1. The minimum Gasteiger partial charge on any atom is -0.353 e. The molecule has 2 N–H and O–H groups in total. The lowest BCUT2D eigenvalue weighted by Crippen LogP contribution is -2.45. The molecule has 7 heteroatoms. The number of aromatic nitrogens is 3. The van der Waals surface area contributed by atoms with E-state index in [1.54, 1.807) is 18.4 Å². The van der Waals surface area contributed by atoms with Crippen LogP contribution < -0.4 is 10.6 Å². The predicted molar refractivity (Wildman–Crippen MR) is 93.9 cm³/mol. The number of guanidine groups is 1. The van der Waals surface area contributed by atoms with Crippen LogP contribution in [0.1, 0.15) is 42.6 Å². The first-order chi connectivity index (χ1) is 11.2. The molecule has 0 bridgehead atoms. The van der Waals surface area contributed by atoms with Gasteiger partial charge < -0.3 is 10.6 Å². The van der Waals surface area contributed by atoms with Crippen LogP contribution >= 0.6 is 11.3 Å². The first-order valence-electron chi connectivity index (χ1n) is 8.08. The van der Waals surface area contributed by atoms with Gasteiger partial charge in [0.1, 0.15) is 5.01 Å². The number of aliphatic imine (C=N–C) groups is 1. The molecule has 23 heavy (non-hydrogen) atoms. The number of nitrogens with zero attached hydrogens (tertiary/aromatic N) is 4. The van der Waals surface area contributed by atoms with E-state index in [1.165, 1.54) is 11.3 Å². The van der Waals surface area contributed by atoms with Crippen LogP contribution in [0.4, 0.5) is 0 Å². The second-order valence-electron chi connectivity index (χ2n) is 6.11. The van der Waals surface area contributed by atoms with Crippen molar-refractivity contribution in [2.24, 2.45) is 4.99 Å². The largest absolute Gasteiger partial charge is 0.353 e. The van der Waals surface area contributed by atoms with Crippen LogP contribution in [0.3, 0.4) is 0 Å². The molecule has 0 aliphatic heterocycles. The van der Waals surface area contributed by atoms with Gasteiger partial charge in [-0.2, -0.15) is 5.10 Å². The molecule has 0 fully saturated rings. The zero-order valence-corrected chi connectivity index (χ0v) is 14.7. The maximum absolute atomic E-state index is 4.73. The van der Waals surface area contributed by atoms with Gasteiger partial charge in [-0.05, 0) is 32.3 Å². The Hall–Kier alpha value is -1.89. The van der Waals surface area contributed by atoms with Crippen molar-refractivity contribution in [2.75, 3.05) is 7.05 Å². The minimum absolute atomic E-state index is 0.375. The van der Waals surface area contributed by atoms with E-state index in [-0.39, 0.29) is 0 Å². The van der Waals surface area contributed by atoms with Gasteiger partial charge in [0, 0.05) is 43.3 Å². The highest BCUT2D eigenvalue weighted by molar-refractivity contribution is 7.09. The Labute approximate surface area is 141 Å². The zero-order chi connectivity index (χ0) is 16.2. The Morgan fingerprint density at radius 2 is 2.39 bits per heavy atom. The first-order valence-corrected chi connectivity index (χ1v) is 8.96. The number of thiazole rings is 1. The number of nitrogens with one attached hydrogen (secondary N) is 2. The number of hydrogen-bond donors (Lipinski definition) is 2. The van der Waals surface area contributed by atoms with Crippen LogP contribution in [0.5, 0.6) is 0 Å². The summed E-state index contributed by atoms with van der Waals surface area (Å²) in [6.45, 7) is 5.04. The highest BCUT2D eigenvalue weighted by Gasteiger charge is 2.22. The summed E-state index contributed by atoms with van der Waals surface area (Å²) >= 11 is 1.65. The van der Waals surface area contributed by atoms with Gasteiger partial charge in [-0.15, -0.1) is 11.3 Å². The quantitative estimate of drug-likeness (QED) is 0.665. The molecule has 1 aliphatic rings. The van der Waals surface area contributed by atoms with Gasteiger partial charge in [0.15, 0.2) is 5.96 Å². The topological polar surface area (TPSA) is 67.1 Å². The van der Waals surface area contributed by atoms with Crippen molar-refractivity contribution in [3.8, 4) is 0 Å². The van der Waals surface area contributed by atoms with Crippen molar-refractivity contribution in [1.82, 2.24) is 25.4 Å². The van der Waals surface area contributed by atoms with E-state index < -0.39 is 0 Å². The highest BCUT2D eigenvalue weighted by Crippen LogP contribution is 2.21. The standard InChI is InChI=1S/C16H24N6S/c1-11(2)22-10-12-4-5-13(8-14(12)21-22)20-16(17-3)19-9-15-18-6-7-23-15/h6-7,10-11,13H,4-5,8-9H2,1-3H3,(H2,17,19,20). The monoisotopic (exact) mass is 332 g/mol. The molecule has 0 saturated carbocycles. The summed E-state index contributed by atoms with van der Waals surface area (Å²) in [7, 11) is 1.80. The van der Waals surface area contributed by atoms with Crippen LogP contribution in [0.25, 0.3) is 0 Å². The van der Waals surface area contributed by atoms with Crippen molar-refractivity contribution in [3.63, 3.8) is 0 Å². The summed E-state index contributed by atoms with van der Waals surface area (Å²) < 4.78 is 2.07. The molecule has 124 valence electrons. The van der Waals surface area contributed by atoms with Crippen LogP contribution in [0.15, 0.2) is 22.8 Å². The average molecular weight is 332 g/mol. The molecule has 2 heterocycles. The number of hydrogen-bond acceptors (Lipinski definition) is 4. The van der Waals surface area contributed by atoms with Crippen molar-refractivity contribution in [3.05, 3.63) is 34.0 Å². The van der Waals surface area contributed by atoms with E-state index in [0.717, 1.165) is 30.2 Å². The first kappa shape index (κ1) is 16.0. The summed E-state index contributed by atoms with van der Waals surface area (Å²) in [6.07, 6.45) is 7.16. The third kappa shape index (κ3) is 3.90. The predicted octanol–water partition coefficient (Wildman–Crippen LogP) is 2.14. The zero-order valence-electron chi connectivity index (χ0n) is 13.9. The Balaban J connectivity index is 1.57. The third-order valence-electron chi connectivity index (χ3n) is 4.08. The molecule has 0 spiro atoms. The van der Waals surface area contributed by atoms with Gasteiger partial charge in [0.2, 0.25) is 0 Å². The molecular formula is C16H24N6S. The maximum Gasteiger partial charge on any atom is 0.191 e. The lowest BCUT2D eigenvalue weighted by atomic mass is 9.94. The van der Waals surface area contributed by atoms with Crippen LogP contribution in [-0.4, -0.2) is 33.8 Å². The van der Waals surface area contributed by atoms with Crippen molar-refractivity contribution >= 4 is 17.3 Å². The van der Waals surface area contributed by atoms with Crippen molar-refractivity contribution < 1.29 is 0 Å². The van der Waals surface area contributed by atoms with E-state index in [4.69, 9.17) is 5.10 Å². The molecule has 0 saturated heterocycles. The Morgan fingerprint density at radius 3 is 3.09 bits per heavy atom. The lowest BCUT2D eigenvalue weighted by Gasteiger charge is -2.24. The van der Waals surface area contributed by atoms with Crippen molar-refractivity contribution in [2.45, 2.75) is 51.7 Å². The van der Waals surface area contributed by atoms with Crippen molar-refractivity contribution in [1.29, 1.82) is 0 Å². The molecule has 6 nitrogen and oxygen atoms in total. The molecule has 0 radical (unpaired) electrons. The Bertz CT molecular complexity index is 658. The van der Waals surface area contributed by atoms with Crippen LogP contribution in [-0.2, 0) is 19.4 Å². The minimum atomic E-state index is 0.375. The summed E-state index contributed by atoms with van der Waals surface area (Å²) in [5, 5.41) is 14.6. The molecule has 1 atom stereocenters. The Kier molecular flexibility index (Phi) is 4.95. The van der Waals surface area contributed by atoms with E-state index in [1.807, 2.05) is 11.6 Å². The average Bonchev–Trinajstić information content (AvgIpc) is 3.20. The second-order valence-corrected chi connectivity index (χ2v) is 7.09. The SMILES string of the molecule is CN=C(NCc1nccs1)NC1CCc2cn(C(C)C)nc2C1. The van der Waals surface area contributed by atoms with Gasteiger partial charge >= 0.3 is 0 Å². The van der Waals surface area contributed by atoms with Gasteiger partial charge in [-0.1, -0.05) is 0 Å². The van der Waals surface area contributed by atoms with Gasteiger partial charge in [0.05, 0.1) is 12.2 Å². The van der Waals surface area contributed by atoms with E-state index >= 15 is 0 Å². The molecule has 0 amide bonds. The molecule has 2 aromatic heterocycles. The molecule has 0 aromatic carbocycles. The smallest absolute Gasteiger partial charge is 0.191 e. The maximum atomic E-state index is 4.73. The fraction of sp³-hybridized carbons (Fsp3) is 0.562. The fourth-order valence-electron chi connectivity index (χ4n) is 2.79. The normalized spacial score (nSPS) is 18.1. The van der Waals surface area contributed by atoms with Gasteiger partial charge in [-0.25, -0.2) is 4.98 Å². The third-order valence-corrected chi connectivity index (χ3v) is 4.86.